The summed E-state index contributed by atoms with van der Waals surface area (Å²) in [5.41, 5.74) is 2.38. The number of carbonyl (C=O) groups excluding carboxylic acids is 1. The molecular formula is C24H22N4O3S. The summed E-state index contributed by atoms with van der Waals surface area (Å²) in [6.07, 6.45) is 0. The summed E-state index contributed by atoms with van der Waals surface area (Å²) in [5, 5.41) is 9.33. The summed E-state index contributed by atoms with van der Waals surface area (Å²) >= 11 is 0. The number of nitrogens with one attached hydrogen (secondary N) is 2. The number of aromatic nitrogens is 3. The molecule has 0 unspecified atom stereocenters. The van der Waals surface area contributed by atoms with Crippen molar-refractivity contribution in [2.24, 2.45) is 0 Å². The van der Waals surface area contributed by atoms with Gasteiger partial charge in [0.2, 0.25) is 0 Å². The van der Waals surface area contributed by atoms with Crippen molar-refractivity contribution in [2.75, 3.05) is 5.32 Å². The first kappa shape index (κ1) is 21.5. The number of aromatic amines is 1. The highest BCUT2D eigenvalue weighted by Gasteiger charge is 2.25. The maximum absolute atomic E-state index is 12.8. The molecule has 1 aromatic heterocycles. The van der Waals surface area contributed by atoms with Gasteiger partial charge in [0, 0.05) is 16.8 Å². The van der Waals surface area contributed by atoms with Gasteiger partial charge in [-0.15, -0.1) is 0 Å². The van der Waals surface area contributed by atoms with E-state index >= 15 is 0 Å². The first-order chi connectivity index (χ1) is 15.4. The fourth-order valence-electron chi connectivity index (χ4n) is 3.17. The molecule has 0 spiro atoms. The number of nitrogens with zero attached hydrogens (tertiary/aromatic N) is 2. The number of amides is 1. The lowest BCUT2D eigenvalue weighted by Gasteiger charge is -2.13. The lowest BCUT2D eigenvalue weighted by atomic mass is 10.1. The summed E-state index contributed by atoms with van der Waals surface area (Å²) in [5.74, 6) is 0.722. The molecule has 0 bridgehead atoms. The predicted octanol–water partition coefficient (Wildman–Crippen LogP) is 4.57. The number of sulfone groups is 1. The number of rotatable bonds is 6. The molecule has 4 rings (SSSR count). The highest BCUT2D eigenvalue weighted by Crippen LogP contribution is 2.24. The summed E-state index contributed by atoms with van der Waals surface area (Å²) < 4.78 is 25.2. The van der Waals surface area contributed by atoms with E-state index in [1.54, 1.807) is 38.1 Å². The van der Waals surface area contributed by atoms with E-state index in [1.165, 1.54) is 12.1 Å². The predicted molar refractivity (Wildman–Crippen MR) is 124 cm³/mol. The van der Waals surface area contributed by atoms with Crippen molar-refractivity contribution in [1.82, 2.24) is 15.2 Å². The van der Waals surface area contributed by atoms with Crippen LogP contribution in [0, 0.1) is 0 Å². The van der Waals surface area contributed by atoms with Gasteiger partial charge in [0.05, 0.1) is 15.7 Å². The van der Waals surface area contributed by atoms with Crippen molar-refractivity contribution in [1.29, 1.82) is 0 Å². The van der Waals surface area contributed by atoms with Crippen molar-refractivity contribution >= 4 is 21.4 Å². The number of anilines is 1. The summed E-state index contributed by atoms with van der Waals surface area (Å²) in [6.45, 7) is 3.19. The van der Waals surface area contributed by atoms with E-state index in [0.29, 0.717) is 17.3 Å². The molecule has 162 valence electrons. The van der Waals surface area contributed by atoms with Crippen LogP contribution in [0.25, 0.3) is 22.8 Å². The number of H-pyrrole nitrogens is 1. The second-order valence-corrected chi connectivity index (χ2v) is 9.97. The lowest BCUT2D eigenvalue weighted by Crippen LogP contribution is -2.20. The molecule has 0 aliphatic heterocycles. The van der Waals surface area contributed by atoms with E-state index in [9.17, 15) is 13.2 Å². The Morgan fingerprint density at radius 2 is 1.53 bits per heavy atom. The molecule has 2 N–H and O–H groups in total. The van der Waals surface area contributed by atoms with Crippen molar-refractivity contribution in [3.8, 4) is 22.8 Å². The SMILES string of the molecule is CC(C)S(=O)(=O)c1ccccc1C(=O)Nc1ccc(-c2nc(-c3ccccc3)n[nH]2)cc1. The van der Waals surface area contributed by atoms with Gasteiger partial charge >= 0.3 is 0 Å². The molecule has 0 saturated carbocycles. The normalized spacial score (nSPS) is 11.5. The fourth-order valence-corrected chi connectivity index (χ4v) is 4.42. The molecule has 0 atom stereocenters. The average Bonchev–Trinajstić information content (AvgIpc) is 3.30. The number of hydrogen-bond donors (Lipinski definition) is 2. The first-order valence-corrected chi connectivity index (χ1v) is 11.6. The van der Waals surface area contributed by atoms with Gasteiger partial charge in [-0.25, -0.2) is 13.4 Å². The van der Waals surface area contributed by atoms with Crippen LogP contribution < -0.4 is 5.32 Å². The number of hydrogen-bond acceptors (Lipinski definition) is 5. The highest BCUT2D eigenvalue weighted by molar-refractivity contribution is 7.92. The molecule has 3 aromatic carbocycles. The zero-order valence-electron chi connectivity index (χ0n) is 17.6. The molecule has 32 heavy (non-hydrogen) atoms. The van der Waals surface area contributed by atoms with Crippen LogP contribution in [0.3, 0.4) is 0 Å². The Labute approximate surface area is 186 Å². The maximum atomic E-state index is 12.8. The van der Waals surface area contributed by atoms with Crippen LogP contribution >= 0.6 is 0 Å². The molecule has 0 aliphatic rings. The van der Waals surface area contributed by atoms with Gasteiger partial charge in [0.25, 0.3) is 5.91 Å². The largest absolute Gasteiger partial charge is 0.322 e. The smallest absolute Gasteiger partial charge is 0.256 e. The monoisotopic (exact) mass is 446 g/mol. The molecule has 1 amide bonds. The van der Waals surface area contributed by atoms with E-state index in [1.807, 2.05) is 42.5 Å². The Hall–Kier alpha value is -3.78. The minimum atomic E-state index is -3.59. The molecule has 4 aromatic rings. The maximum Gasteiger partial charge on any atom is 0.256 e. The zero-order chi connectivity index (χ0) is 22.7. The Morgan fingerprint density at radius 3 is 2.22 bits per heavy atom. The van der Waals surface area contributed by atoms with E-state index in [4.69, 9.17) is 0 Å². The third kappa shape index (κ3) is 4.31. The molecule has 0 fully saturated rings. The van der Waals surface area contributed by atoms with E-state index in [0.717, 1.165) is 11.1 Å². The van der Waals surface area contributed by atoms with E-state index in [-0.39, 0.29) is 10.5 Å². The third-order valence-corrected chi connectivity index (χ3v) is 7.20. The Morgan fingerprint density at radius 1 is 0.875 bits per heavy atom. The van der Waals surface area contributed by atoms with Gasteiger partial charge in [-0.05, 0) is 50.2 Å². The second kappa shape index (κ2) is 8.76. The Balaban J connectivity index is 1.53. The Kier molecular flexibility index (Phi) is 5.87. The summed E-state index contributed by atoms with van der Waals surface area (Å²) in [7, 11) is -3.59. The van der Waals surface area contributed by atoms with Crippen molar-refractivity contribution < 1.29 is 13.2 Å². The molecular weight excluding hydrogens is 424 g/mol. The van der Waals surface area contributed by atoms with E-state index in [2.05, 4.69) is 20.5 Å². The fraction of sp³-hybridized carbons (Fsp3) is 0.125. The third-order valence-electron chi connectivity index (χ3n) is 4.99. The van der Waals surface area contributed by atoms with Crippen LogP contribution in [-0.4, -0.2) is 34.8 Å². The second-order valence-electron chi connectivity index (χ2n) is 7.50. The first-order valence-electron chi connectivity index (χ1n) is 10.1. The average molecular weight is 447 g/mol. The molecule has 0 aliphatic carbocycles. The molecule has 0 radical (unpaired) electrons. The quantitative estimate of drug-likeness (QED) is 0.451. The van der Waals surface area contributed by atoms with Gasteiger partial charge in [-0.1, -0.05) is 42.5 Å². The molecule has 7 nitrogen and oxygen atoms in total. The van der Waals surface area contributed by atoms with Gasteiger partial charge in [-0.2, -0.15) is 5.10 Å². The van der Waals surface area contributed by atoms with Gasteiger partial charge in [-0.3, -0.25) is 9.89 Å². The minimum absolute atomic E-state index is 0.0271. The van der Waals surface area contributed by atoms with Crippen LogP contribution in [0.15, 0.2) is 83.8 Å². The van der Waals surface area contributed by atoms with Crippen LogP contribution in [0.5, 0.6) is 0 Å². The van der Waals surface area contributed by atoms with Crippen LogP contribution in [0.1, 0.15) is 24.2 Å². The summed E-state index contributed by atoms with van der Waals surface area (Å²) in [6, 6.07) is 23.0. The van der Waals surface area contributed by atoms with E-state index < -0.39 is 21.0 Å². The number of benzene rings is 3. The molecule has 1 heterocycles. The van der Waals surface area contributed by atoms with Crippen LogP contribution in [-0.2, 0) is 9.84 Å². The van der Waals surface area contributed by atoms with Gasteiger partial charge in [0.15, 0.2) is 21.5 Å². The molecule has 8 heteroatoms. The van der Waals surface area contributed by atoms with Gasteiger partial charge in [0.1, 0.15) is 0 Å². The number of carbonyl (C=O) groups is 1. The van der Waals surface area contributed by atoms with Gasteiger partial charge < -0.3 is 5.32 Å². The zero-order valence-corrected chi connectivity index (χ0v) is 18.4. The highest BCUT2D eigenvalue weighted by atomic mass is 32.2. The van der Waals surface area contributed by atoms with Crippen LogP contribution in [0.4, 0.5) is 5.69 Å². The Bertz CT molecular complexity index is 1350. The summed E-state index contributed by atoms with van der Waals surface area (Å²) in [4.78, 5) is 17.4. The molecule has 0 saturated heterocycles. The standard InChI is InChI=1S/C24H22N4O3S/c1-16(2)32(30,31)21-11-7-6-10-20(21)24(29)25-19-14-12-18(13-15-19)23-26-22(27-28-23)17-8-4-3-5-9-17/h3-16H,1-2H3,(H,25,29)(H,26,27,28). The van der Waals surface area contributed by atoms with Crippen molar-refractivity contribution in [3.63, 3.8) is 0 Å². The van der Waals surface area contributed by atoms with Crippen LogP contribution in [0.2, 0.25) is 0 Å². The minimum Gasteiger partial charge on any atom is -0.322 e. The van der Waals surface area contributed by atoms with Crippen molar-refractivity contribution in [2.45, 2.75) is 24.0 Å². The topological polar surface area (TPSA) is 105 Å². The lowest BCUT2D eigenvalue weighted by molar-refractivity contribution is 0.102. The van der Waals surface area contributed by atoms with Crippen molar-refractivity contribution in [3.05, 3.63) is 84.4 Å².